The van der Waals surface area contributed by atoms with Crippen LogP contribution in [0, 0.1) is 11.7 Å². The molecule has 1 saturated heterocycles. The fraction of sp³-hybridized carbons (Fsp3) is 0.529. The number of benzene rings is 1. The lowest BCUT2D eigenvalue weighted by molar-refractivity contribution is -0.130. The molecule has 1 aliphatic rings. The van der Waals surface area contributed by atoms with Gasteiger partial charge in [-0.1, -0.05) is 0 Å². The average molecular weight is 322 g/mol. The SMILES string of the molecule is CNCC1CCN(C(=O)CCC(=O)c2ccc(OC)c(F)c2)C1. The lowest BCUT2D eigenvalue weighted by Crippen LogP contribution is -2.30. The molecule has 0 aliphatic carbocycles. The minimum atomic E-state index is -0.570. The molecule has 1 atom stereocenters. The van der Waals surface area contributed by atoms with E-state index in [-0.39, 0.29) is 35.8 Å². The lowest BCUT2D eigenvalue weighted by Gasteiger charge is -2.16. The van der Waals surface area contributed by atoms with Crippen LogP contribution in [0.3, 0.4) is 0 Å². The monoisotopic (exact) mass is 322 g/mol. The van der Waals surface area contributed by atoms with Crippen LogP contribution in [-0.4, -0.2) is 50.4 Å². The second-order valence-corrected chi connectivity index (χ2v) is 5.82. The van der Waals surface area contributed by atoms with Crippen LogP contribution in [-0.2, 0) is 4.79 Å². The van der Waals surface area contributed by atoms with Crippen molar-refractivity contribution in [3.8, 4) is 5.75 Å². The summed E-state index contributed by atoms with van der Waals surface area (Å²) in [5.41, 5.74) is 0.269. The van der Waals surface area contributed by atoms with Crippen molar-refractivity contribution in [2.45, 2.75) is 19.3 Å². The maximum absolute atomic E-state index is 13.6. The Morgan fingerprint density at radius 1 is 1.39 bits per heavy atom. The first-order valence-electron chi connectivity index (χ1n) is 7.84. The Balaban J connectivity index is 1.84. The van der Waals surface area contributed by atoms with Crippen molar-refractivity contribution in [1.82, 2.24) is 10.2 Å². The van der Waals surface area contributed by atoms with Gasteiger partial charge in [0.15, 0.2) is 17.3 Å². The second kappa shape index (κ2) is 8.06. The highest BCUT2D eigenvalue weighted by atomic mass is 19.1. The van der Waals surface area contributed by atoms with E-state index in [1.807, 2.05) is 11.9 Å². The molecule has 0 radical (unpaired) electrons. The van der Waals surface area contributed by atoms with Gasteiger partial charge < -0.3 is 15.0 Å². The normalized spacial score (nSPS) is 17.3. The van der Waals surface area contributed by atoms with Crippen molar-refractivity contribution in [2.24, 2.45) is 5.92 Å². The molecule has 126 valence electrons. The van der Waals surface area contributed by atoms with Crippen LogP contribution in [0.5, 0.6) is 5.75 Å². The van der Waals surface area contributed by atoms with Gasteiger partial charge in [0.2, 0.25) is 5.91 Å². The standard InChI is InChI=1S/C17H23FN2O3/c1-19-10-12-7-8-20(11-12)17(22)6-4-15(21)13-3-5-16(23-2)14(18)9-13/h3,5,9,12,19H,4,6-8,10-11H2,1-2H3. The average Bonchev–Trinajstić information content (AvgIpc) is 3.01. The van der Waals surface area contributed by atoms with E-state index in [9.17, 15) is 14.0 Å². The summed E-state index contributed by atoms with van der Waals surface area (Å²) in [6.45, 7) is 2.38. The third-order valence-electron chi connectivity index (χ3n) is 4.17. The Labute approximate surface area is 135 Å². The zero-order chi connectivity index (χ0) is 16.8. The van der Waals surface area contributed by atoms with E-state index in [4.69, 9.17) is 4.74 Å². The van der Waals surface area contributed by atoms with E-state index in [2.05, 4.69) is 5.32 Å². The van der Waals surface area contributed by atoms with Crippen LogP contribution in [0.1, 0.15) is 29.6 Å². The molecule has 0 bridgehead atoms. The quantitative estimate of drug-likeness (QED) is 0.779. The van der Waals surface area contributed by atoms with Gasteiger partial charge in [-0.25, -0.2) is 4.39 Å². The topological polar surface area (TPSA) is 58.6 Å². The molecule has 1 aliphatic heterocycles. The van der Waals surface area contributed by atoms with E-state index >= 15 is 0 Å². The maximum Gasteiger partial charge on any atom is 0.223 e. The van der Waals surface area contributed by atoms with Crippen molar-refractivity contribution < 1.29 is 18.7 Å². The van der Waals surface area contributed by atoms with Gasteiger partial charge in [-0.05, 0) is 44.1 Å². The molecule has 1 amide bonds. The third-order valence-corrected chi connectivity index (χ3v) is 4.17. The summed E-state index contributed by atoms with van der Waals surface area (Å²) in [6.07, 6.45) is 1.25. The molecule has 0 aromatic heterocycles. The van der Waals surface area contributed by atoms with Crippen LogP contribution in [0.15, 0.2) is 18.2 Å². The number of halogens is 1. The summed E-state index contributed by atoms with van der Waals surface area (Å²) in [5, 5.41) is 3.12. The number of nitrogens with one attached hydrogen (secondary N) is 1. The molecule has 6 heteroatoms. The molecule has 23 heavy (non-hydrogen) atoms. The zero-order valence-electron chi connectivity index (χ0n) is 13.6. The summed E-state index contributed by atoms with van der Waals surface area (Å²) < 4.78 is 18.4. The summed E-state index contributed by atoms with van der Waals surface area (Å²) in [5.74, 6) is -0.225. The van der Waals surface area contributed by atoms with Crippen molar-refractivity contribution in [2.75, 3.05) is 33.8 Å². The largest absolute Gasteiger partial charge is 0.494 e. The van der Waals surface area contributed by atoms with Crippen LogP contribution in [0.2, 0.25) is 0 Å². The number of methoxy groups -OCH3 is 1. The van der Waals surface area contributed by atoms with Gasteiger partial charge >= 0.3 is 0 Å². The van der Waals surface area contributed by atoms with Gasteiger partial charge in [0.05, 0.1) is 7.11 Å². The molecular weight excluding hydrogens is 299 g/mol. The van der Waals surface area contributed by atoms with Gasteiger partial charge in [0, 0.05) is 31.5 Å². The van der Waals surface area contributed by atoms with Gasteiger partial charge in [0.1, 0.15) is 0 Å². The highest BCUT2D eigenvalue weighted by Gasteiger charge is 2.25. The molecule has 1 heterocycles. The van der Waals surface area contributed by atoms with Crippen molar-refractivity contribution in [1.29, 1.82) is 0 Å². The van der Waals surface area contributed by atoms with Crippen LogP contribution in [0.4, 0.5) is 4.39 Å². The molecule has 5 nitrogen and oxygen atoms in total. The van der Waals surface area contributed by atoms with E-state index < -0.39 is 5.82 Å². The first-order chi connectivity index (χ1) is 11.0. The fourth-order valence-electron chi connectivity index (χ4n) is 2.88. The van der Waals surface area contributed by atoms with Crippen LogP contribution in [0.25, 0.3) is 0 Å². The van der Waals surface area contributed by atoms with Crippen molar-refractivity contribution in [3.05, 3.63) is 29.6 Å². The summed E-state index contributed by atoms with van der Waals surface area (Å²) in [4.78, 5) is 26.1. The minimum Gasteiger partial charge on any atom is -0.494 e. The fourth-order valence-corrected chi connectivity index (χ4v) is 2.88. The number of hydrogen-bond donors (Lipinski definition) is 1. The molecule has 1 fully saturated rings. The number of carbonyl (C=O) groups excluding carboxylic acids is 2. The first kappa shape index (κ1) is 17.4. The minimum absolute atomic E-state index is 0.00839. The highest BCUT2D eigenvalue weighted by Crippen LogP contribution is 2.20. The Morgan fingerprint density at radius 3 is 2.83 bits per heavy atom. The summed E-state index contributed by atoms with van der Waals surface area (Å²) >= 11 is 0. The molecule has 0 saturated carbocycles. The third kappa shape index (κ3) is 4.51. The number of amides is 1. The van der Waals surface area contributed by atoms with Crippen LogP contribution < -0.4 is 10.1 Å². The van der Waals surface area contributed by atoms with E-state index in [0.717, 1.165) is 32.1 Å². The predicted molar refractivity (Wildman–Crippen MR) is 85.1 cm³/mol. The second-order valence-electron chi connectivity index (χ2n) is 5.82. The first-order valence-corrected chi connectivity index (χ1v) is 7.84. The maximum atomic E-state index is 13.6. The number of Topliss-reactive ketones (excluding diaryl/α,β-unsaturated/α-hetero) is 1. The number of carbonyl (C=O) groups is 2. The van der Waals surface area contributed by atoms with E-state index in [0.29, 0.717) is 5.92 Å². The molecule has 2 rings (SSSR count). The Morgan fingerprint density at radius 2 is 2.17 bits per heavy atom. The van der Waals surface area contributed by atoms with E-state index in [1.165, 1.54) is 19.2 Å². The summed E-state index contributed by atoms with van der Waals surface area (Å²) in [7, 11) is 3.27. The molecule has 1 aromatic carbocycles. The highest BCUT2D eigenvalue weighted by molar-refractivity contribution is 5.98. The van der Waals surface area contributed by atoms with Crippen LogP contribution >= 0.6 is 0 Å². The number of rotatable bonds is 7. The number of ether oxygens (including phenoxy) is 1. The van der Waals surface area contributed by atoms with E-state index in [1.54, 1.807) is 0 Å². The van der Waals surface area contributed by atoms with Gasteiger partial charge in [-0.2, -0.15) is 0 Å². The Bertz CT molecular complexity index is 577. The predicted octanol–water partition coefficient (Wildman–Crippen LogP) is 1.87. The molecule has 1 unspecified atom stereocenters. The lowest BCUT2D eigenvalue weighted by atomic mass is 10.1. The number of likely N-dealkylation sites (tertiary alicyclic amines) is 1. The smallest absolute Gasteiger partial charge is 0.223 e. The zero-order valence-corrected chi connectivity index (χ0v) is 13.6. The number of hydrogen-bond acceptors (Lipinski definition) is 4. The molecular formula is C17H23FN2O3. The van der Waals surface area contributed by atoms with Gasteiger partial charge in [-0.3, -0.25) is 9.59 Å². The molecule has 1 N–H and O–H groups in total. The number of ketones is 1. The number of nitrogens with zero attached hydrogens (tertiary/aromatic N) is 1. The Hall–Kier alpha value is -1.95. The summed E-state index contributed by atoms with van der Waals surface area (Å²) in [6, 6.07) is 4.10. The van der Waals surface area contributed by atoms with Gasteiger partial charge in [0.25, 0.3) is 0 Å². The Kier molecular flexibility index (Phi) is 6.10. The molecule has 1 aromatic rings. The van der Waals surface area contributed by atoms with Gasteiger partial charge in [-0.15, -0.1) is 0 Å². The van der Waals surface area contributed by atoms with Crippen molar-refractivity contribution in [3.63, 3.8) is 0 Å². The van der Waals surface area contributed by atoms with Crippen molar-refractivity contribution >= 4 is 11.7 Å². The molecule has 0 spiro atoms.